The molecular formula is C13H19N3O. The lowest BCUT2D eigenvalue weighted by atomic mass is 10.3. The number of hydrogen-bond acceptors (Lipinski definition) is 2. The highest BCUT2D eigenvalue weighted by Crippen LogP contribution is 2.13. The molecule has 0 atom stereocenters. The summed E-state index contributed by atoms with van der Waals surface area (Å²) in [5.41, 5.74) is 1.77. The average Bonchev–Trinajstić information content (AvgIpc) is 2.27. The predicted octanol–water partition coefficient (Wildman–Crippen LogP) is 2.81. The molecule has 0 heterocycles. The molecule has 3 N–H and O–H groups in total. The van der Waals surface area contributed by atoms with Crippen molar-refractivity contribution < 1.29 is 4.79 Å². The van der Waals surface area contributed by atoms with E-state index in [4.69, 9.17) is 0 Å². The lowest BCUT2D eigenvalue weighted by molar-refractivity contribution is 0.250. The topological polar surface area (TPSA) is 53.2 Å². The minimum atomic E-state index is -0.188. The van der Waals surface area contributed by atoms with Crippen LogP contribution in [0.1, 0.15) is 13.8 Å². The summed E-state index contributed by atoms with van der Waals surface area (Å²) in [7, 11) is 0. The van der Waals surface area contributed by atoms with E-state index in [1.54, 1.807) is 6.08 Å². The van der Waals surface area contributed by atoms with E-state index >= 15 is 0 Å². The SMILES string of the molecule is C=CCNc1ccc(NC(=O)NC(C)C)cc1. The van der Waals surface area contributed by atoms with Crippen molar-refractivity contribution in [3.05, 3.63) is 36.9 Å². The Morgan fingerprint density at radius 3 is 2.41 bits per heavy atom. The van der Waals surface area contributed by atoms with Gasteiger partial charge < -0.3 is 16.0 Å². The first-order valence-electron chi connectivity index (χ1n) is 5.64. The molecule has 0 saturated carbocycles. The number of benzene rings is 1. The molecule has 92 valence electrons. The van der Waals surface area contributed by atoms with Gasteiger partial charge in [0.2, 0.25) is 0 Å². The second kappa shape index (κ2) is 6.58. The monoisotopic (exact) mass is 233 g/mol. The van der Waals surface area contributed by atoms with Crippen LogP contribution in [-0.2, 0) is 0 Å². The van der Waals surface area contributed by atoms with Crippen LogP contribution in [0.4, 0.5) is 16.2 Å². The van der Waals surface area contributed by atoms with Gasteiger partial charge in [0.1, 0.15) is 0 Å². The molecule has 1 aromatic rings. The van der Waals surface area contributed by atoms with Gasteiger partial charge in [-0.15, -0.1) is 6.58 Å². The zero-order valence-corrected chi connectivity index (χ0v) is 10.3. The van der Waals surface area contributed by atoms with Crippen molar-refractivity contribution >= 4 is 17.4 Å². The highest BCUT2D eigenvalue weighted by atomic mass is 16.2. The Morgan fingerprint density at radius 1 is 1.29 bits per heavy atom. The molecule has 17 heavy (non-hydrogen) atoms. The first-order chi connectivity index (χ1) is 8.11. The molecule has 0 unspecified atom stereocenters. The molecule has 0 aliphatic carbocycles. The molecule has 0 aliphatic heterocycles. The van der Waals surface area contributed by atoms with Crippen molar-refractivity contribution in [2.24, 2.45) is 0 Å². The van der Waals surface area contributed by atoms with Crippen LogP contribution in [0.5, 0.6) is 0 Å². The van der Waals surface area contributed by atoms with Crippen LogP contribution >= 0.6 is 0 Å². The molecule has 0 aromatic heterocycles. The third-order valence-electron chi connectivity index (χ3n) is 2.01. The van der Waals surface area contributed by atoms with Crippen LogP contribution in [0, 0.1) is 0 Å². The lowest BCUT2D eigenvalue weighted by Crippen LogP contribution is -2.34. The summed E-state index contributed by atoms with van der Waals surface area (Å²) in [4.78, 5) is 11.4. The molecular weight excluding hydrogens is 214 g/mol. The van der Waals surface area contributed by atoms with Crippen molar-refractivity contribution in [1.82, 2.24) is 5.32 Å². The highest BCUT2D eigenvalue weighted by Gasteiger charge is 2.02. The largest absolute Gasteiger partial charge is 0.382 e. The molecule has 1 rings (SSSR count). The van der Waals surface area contributed by atoms with Gasteiger partial charge in [-0.25, -0.2) is 4.79 Å². The van der Waals surface area contributed by atoms with E-state index in [1.165, 1.54) is 0 Å². The zero-order valence-electron chi connectivity index (χ0n) is 10.3. The van der Waals surface area contributed by atoms with E-state index in [0.29, 0.717) is 0 Å². The Balaban J connectivity index is 2.50. The summed E-state index contributed by atoms with van der Waals surface area (Å²) in [6.07, 6.45) is 1.79. The number of hydrogen-bond donors (Lipinski definition) is 3. The van der Waals surface area contributed by atoms with E-state index in [-0.39, 0.29) is 12.1 Å². The summed E-state index contributed by atoms with van der Waals surface area (Å²) in [5.74, 6) is 0. The van der Waals surface area contributed by atoms with Gasteiger partial charge in [-0.05, 0) is 38.1 Å². The highest BCUT2D eigenvalue weighted by molar-refractivity contribution is 5.89. The fraction of sp³-hybridized carbons (Fsp3) is 0.308. The molecule has 0 spiro atoms. The van der Waals surface area contributed by atoms with Gasteiger partial charge in [0, 0.05) is 24.0 Å². The van der Waals surface area contributed by atoms with Crippen molar-refractivity contribution in [2.45, 2.75) is 19.9 Å². The molecule has 0 fully saturated rings. The predicted molar refractivity (Wildman–Crippen MR) is 72.4 cm³/mol. The van der Waals surface area contributed by atoms with Crippen molar-refractivity contribution in [1.29, 1.82) is 0 Å². The van der Waals surface area contributed by atoms with Gasteiger partial charge in [0.15, 0.2) is 0 Å². The summed E-state index contributed by atoms with van der Waals surface area (Å²) in [6, 6.07) is 7.47. The van der Waals surface area contributed by atoms with Gasteiger partial charge in [0.25, 0.3) is 0 Å². The number of carbonyl (C=O) groups is 1. The maximum Gasteiger partial charge on any atom is 0.319 e. The van der Waals surface area contributed by atoms with E-state index < -0.39 is 0 Å². The Labute approximate surface area is 102 Å². The van der Waals surface area contributed by atoms with Crippen molar-refractivity contribution in [2.75, 3.05) is 17.2 Å². The van der Waals surface area contributed by atoms with Gasteiger partial charge in [0.05, 0.1) is 0 Å². The van der Waals surface area contributed by atoms with E-state index in [9.17, 15) is 4.79 Å². The van der Waals surface area contributed by atoms with Gasteiger partial charge in [-0.2, -0.15) is 0 Å². The molecule has 0 aliphatic rings. The van der Waals surface area contributed by atoms with Crippen LogP contribution in [0.25, 0.3) is 0 Å². The van der Waals surface area contributed by atoms with Gasteiger partial charge in [-0.3, -0.25) is 0 Å². The summed E-state index contributed by atoms with van der Waals surface area (Å²) < 4.78 is 0. The molecule has 0 radical (unpaired) electrons. The Hall–Kier alpha value is -1.97. The average molecular weight is 233 g/mol. The van der Waals surface area contributed by atoms with Crippen LogP contribution in [0.3, 0.4) is 0 Å². The molecule has 1 aromatic carbocycles. The maximum atomic E-state index is 11.4. The number of rotatable bonds is 5. The first-order valence-corrected chi connectivity index (χ1v) is 5.64. The number of anilines is 2. The number of carbonyl (C=O) groups excluding carboxylic acids is 1. The molecule has 2 amide bonds. The fourth-order valence-electron chi connectivity index (χ4n) is 1.29. The second-order valence-electron chi connectivity index (χ2n) is 4.00. The van der Waals surface area contributed by atoms with Gasteiger partial charge in [-0.1, -0.05) is 6.08 Å². The Bertz CT molecular complexity index is 371. The third-order valence-corrected chi connectivity index (χ3v) is 2.01. The number of urea groups is 1. The number of nitrogens with one attached hydrogen (secondary N) is 3. The minimum absolute atomic E-state index is 0.128. The quantitative estimate of drug-likeness (QED) is 0.685. The van der Waals surface area contributed by atoms with Crippen LogP contribution in [0.2, 0.25) is 0 Å². The standard InChI is InChI=1S/C13H19N3O/c1-4-9-14-11-5-7-12(8-6-11)16-13(17)15-10(2)3/h4-8,10,14H,1,9H2,2-3H3,(H2,15,16,17). The molecule has 0 bridgehead atoms. The normalized spacial score (nSPS) is 9.82. The minimum Gasteiger partial charge on any atom is -0.382 e. The fourth-order valence-corrected chi connectivity index (χ4v) is 1.29. The Kier molecular flexibility index (Phi) is 5.07. The van der Waals surface area contributed by atoms with E-state index in [0.717, 1.165) is 17.9 Å². The van der Waals surface area contributed by atoms with Crippen LogP contribution in [0.15, 0.2) is 36.9 Å². The maximum absolute atomic E-state index is 11.4. The zero-order chi connectivity index (χ0) is 12.7. The smallest absolute Gasteiger partial charge is 0.319 e. The van der Waals surface area contributed by atoms with Crippen molar-refractivity contribution in [3.8, 4) is 0 Å². The number of amides is 2. The molecule has 4 nitrogen and oxygen atoms in total. The third kappa shape index (κ3) is 5.06. The lowest BCUT2D eigenvalue weighted by Gasteiger charge is -2.10. The first kappa shape index (κ1) is 13.1. The second-order valence-corrected chi connectivity index (χ2v) is 4.00. The van der Waals surface area contributed by atoms with Gasteiger partial charge >= 0.3 is 6.03 Å². The van der Waals surface area contributed by atoms with Crippen LogP contribution < -0.4 is 16.0 Å². The van der Waals surface area contributed by atoms with Crippen LogP contribution in [-0.4, -0.2) is 18.6 Å². The summed E-state index contributed by atoms with van der Waals surface area (Å²) >= 11 is 0. The van der Waals surface area contributed by atoms with Crippen molar-refractivity contribution in [3.63, 3.8) is 0 Å². The molecule has 0 saturated heterocycles. The Morgan fingerprint density at radius 2 is 1.88 bits per heavy atom. The van der Waals surface area contributed by atoms with E-state index in [2.05, 4.69) is 22.5 Å². The summed E-state index contributed by atoms with van der Waals surface area (Å²) in [5, 5.41) is 8.68. The summed E-state index contributed by atoms with van der Waals surface area (Å²) in [6.45, 7) is 8.19. The molecule has 4 heteroatoms. The van der Waals surface area contributed by atoms with E-state index in [1.807, 2.05) is 38.1 Å².